The Morgan fingerprint density at radius 1 is 0.507 bits per heavy atom. The monoisotopic (exact) mass is 898 g/mol. The van der Waals surface area contributed by atoms with Crippen LogP contribution in [0.15, 0.2) is 121 Å². The number of hydrogen-bond donors (Lipinski definition) is 0. The number of anilines is 7. The summed E-state index contributed by atoms with van der Waals surface area (Å²) >= 11 is 0. The highest BCUT2D eigenvalue weighted by Gasteiger charge is 2.65. The van der Waals surface area contributed by atoms with E-state index in [0.29, 0.717) is 0 Å². The van der Waals surface area contributed by atoms with Crippen LogP contribution in [0.4, 0.5) is 39.8 Å². The fraction of sp³-hybridized carbons (Fsp3) is 0.419. The van der Waals surface area contributed by atoms with Crippen molar-refractivity contribution in [3.05, 3.63) is 149 Å². The first kappa shape index (κ1) is 43.3. The third-order valence-corrected chi connectivity index (χ3v) is 20.7. The molecule has 6 aromatic rings. The lowest BCUT2D eigenvalue weighted by atomic mass is 9.33. The van der Waals surface area contributed by atoms with E-state index in [4.69, 9.17) is 0 Å². The molecule has 2 saturated carbocycles. The molecule has 0 aromatic heterocycles. The molecule has 0 radical (unpaired) electrons. The van der Waals surface area contributed by atoms with E-state index in [0.717, 1.165) is 12.8 Å². The lowest BCUT2D eigenvalue weighted by Gasteiger charge is -2.54. The molecule has 2 fully saturated rings. The van der Waals surface area contributed by atoms with E-state index in [1.807, 2.05) is 0 Å². The van der Waals surface area contributed by atoms with Crippen molar-refractivity contribution in [2.24, 2.45) is 0 Å². The normalized spacial score (nSPS) is 25.9. The summed E-state index contributed by atoms with van der Waals surface area (Å²) in [5.74, 6) is 0. The Morgan fingerprint density at radius 3 is 1.90 bits per heavy atom. The van der Waals surface area contributed by atoms with Crippen LogP contribution in [0.25, 0.3) is 0 Å². The van der Waals surface area contributed by atoms with Gasteiger partial charge in [-0.15, -0.1) is 0 Å². The molecular weight excluding hydrogens is 826 g/mol. The summed E-state index contributed by atoms with van der Waals surface area (Å²) in [7, 11) is -1.81. The first-order valence-electron chi connectivity index (χ1n) is 25.9. The Kier molecular flexibility index (Phi) is 9.08. The lowest BCUT2D eigenvalue weighted by Crippen LogP contribution is -2.65. The second kappa shape index (κ2) is 14.1. The van der Waals surface area contributed by atoms with Gasteiger partial charge in [-0.3, -0.25) is 0 Å². The number of para-hydroxylation sites is 1. The SMILES string of the molecule is CC(C)(C)c1cccc(N2c3cc(C(C)(C)C)ccc3B3c4cc([Si](C)(C)C)cc5c4N(c4cc(N6c7ccccc7C7(C)CCCCC67C)cc2c43)C2(C)CCCCC52c2ccccc2)c1. The molecule has 3 nitrogen and oxygen atoms in total. The minimum atomic E-state index is -1.81. The van der Waals surface area contributed by atoms with Gasteiger partial charge in [0.2, 0.25) is 0 Å². The van der Waals surface area contributed by atoms with Crippen LogP contribution < -0.4 is 36.3 Å². The van der Waals surface area contributed by atoms with E-state index in [2.05, 4.69) is 218 Å². The minimum Gasteiger partial charge on any atom is -0.335 e. The third kappa shape index (κ3) is 5.70. The largest absolute Gasteiger partial charge is 0.335 e. The quantitative estimate of drug-likeness (QED) is 0.163. The molecule has 0 spiro atoms. The van der Waals surface area contributed by atoms with E-state index < -0.39 is 8.07 Å². The topological polar surface area (TPSA) is 9.72 Å². The first-order valence-corrected chi connectivity index (χ1v) is 29.4. The zero-order valence-electron chi connectivity index (χ0n) is 42.6. The molecule has 0 amide bonds. The number of nitrogens with zero attached hydrogens (tertiary/aromatic N) is 3. The van der Waals surface area contributed by atoms with Gasteiger partial charge in [0, 0.05) is 50.6 Å². The summed E-state index contributed by atoms with van der Waals surface area (Å²) in [5.41, 5.74) is 20.9. The molecule has 6 aromatic carbocycles. The zero-order chi connectivity index (χ0) is 46.8. The number of rotatable bonds is 4. The molecule has 0 bridgehead atoms. The van der Waals surface area contributed by atoms with Gasteiger partial charge >= 0.3 is 0 Å². The smallest absolute Gasteiger partial charge is 0.252 e. The highest BCUT2D eigenvalue weighted by atomic mass is 28.3. The van der Waals surface area contributed by atoms with Crippen molar-refractivity contribution in [2.75, 3.05) is 14.7 Å². The maximum absolute atomic E-state index is 2.99. The molecule has 5 heteroatoms. The fourth-order valence-corrected chi connectivity index (χ4v) is 16.0. The summed E-state index contributed by atoms with van der Waals surface area (Å²) in [5, 5.41) is 1.58. The maximum atomic E-state index is 2.99. The molecule has 2 aliphatic carbocycles. The van der Waals surface area contributed by atoms with Crippen molar-refractivity contribution in [3.8, 4) is 0 Å². The second-order valence-corrected chi connectivity index (χ2v) is 30.5. The number of hydrogen-bond acceptors (Lipinski definition) is 3. The van der Waals surface area contributed by atoms with Gasteiger partial charge in [0.1, 0.15) is 0 Å². The van der Waals surface area contributed by atoms with Gasteiger partial charge in [-0.1, -0.05) is 184 Å². The Hall–Kier alpha value is -5.00. The highest BCUT2D eigenvalue weighted by Crippen LogP contribution is 2.66. The van der Waals surface area contributed by atoms with Crippen LogP contribution in [0.5, 0.6) is 0 Å². The molecule has 0 N–H and O–H groups in total. The molecule has 342 valence electrons. The average Bonchev–Trinajstić information content (AvgIpc) is 3.66. The predicted molar refractivity (Wildman–Crippen MR) is 292 cm³/mol. The molecular formula is C62H72BN3Si. The number of fused-ring (bicyclic) bond motifs is 10. The first-order chi connectivity index (χ1) is 31.7. The highest BCUT2D eigenvalue weighted by molar-refractivity contribution is 7.01. The van der Waals surface area contributed by atoms with E-state index in [1.165, 1.54) is 117 Å². The summed E-state index contributed by atoms with van der Waals surface area (Å²) in [4.78, 5) is 8.56. The van der Waals surface area contributed by atoms with E-state index in [-0.39, 0.29) is 39.5 Å². The van der Waals surface area contributed by atoms with Crippen molar-refractivity contribution in [2.45, 2.75) is 166 Å². The van der Waals surface area contributed by atoms with Crippen molar-refractivity contribution in [3.63, 3.8) is 0 Å². The number of benzene rings is 6. The molecule has 12 rings (SSSR count). The Labute approximate surface area is 404 Å². The van der Waals surface area contributed by atoms with Gasteiger partial charge in [-0.2, -0.15) is 0 Å². The van der Waals surface area contributed by atoms with Crippen molar-refractivity contribution in [1.82, 2.24) is 0 Å². The van der Waals surface area contributed by atoms with Gasteiger partial charge in [0.25, 0.3) is 6.71 Å². The van der Waals surface area contributed by atoms with Crippen LogP contribution in [0.1, 0.15) is 141 Å². The van der Waals surface area contributed by atoms with Gasteiger partial charge in [0.05, 0.1) is 19.2 Å². The van der Waals surface area contributed by atoms with Crippen LogP contribution in [0.3, 0.4) is 0 Å². The van der Waals surface area contributed by atoms with Crippen molar-refractivity contribution in [1.29, 1.82) is 0 Å². The molecule has 4 aliphatic heterocycles. The molecule has 4 heterocycles. The average molecular weight is 898 g/mol. The van der Waals surface area contributed by atoms with Crippen LogP contribution in [-0.4, -0.2) is 25.9 Å². The lowest BCUT2D eigenvalue weighted by molar-refractivity contribution is 0.195. The molecule has 4 atom stereocenters. The Morgan fingerprint density at radius 2 is 1.16 bits per heavy atom. The summed E-state index contributed by atoms with van der Waals surface area (Å²) in [6, 6.07) is 49.3. The maximum Gasteiger partial charge on any atom is 0.252 e. The molecule has 6 aliphatic rings. The predicted octanol–water partition coefficient (Wildman–Crippen LogP) is 14.0. The van der Waals surface area contributed by atoms with Crippen LogP contribution in [0, 0.1) is 0 Å². The summed E-state index contributed by atoms with van der Waals surface area (Å²) < 4.78 is 0. The van der Waals surface area contributed by atoms with Crippen LogP contribution in [-0.2, 0) is 21.7 Å². The van der Waals surface area contributed by atoms with Gasteiger partial charge in [-0.05, 0) is 131 Å². The minimum absolute atomic E-state index is 0.000527. The Balaban J connectivity index is 1.25. The van der Waals surface area contributed by atoms with E-state index in [1.54, 1.807) is 10.8 Å². The van der Waals surface area contributed by atoms with Gasteiger partial charge in [-0.25, -0.2) is 0 Å². The second-order valence-electron chi connectivity index (χ2n) is 25.5. The van der Waals surface area contributed by atoms with Crippen LogP contribution >= 0.6 is 0 Å². The van der Waals surface area contributed by atoms with Gasteiger partial charge < -0.3 is 14.7 Å². The summed E-state index contributed by atoms with van der Waals surface area (Å²) in [6.45, 7) is 29.9. The fourth-order valence-electron chi connectivity index (χ4n) is 14.9. The van der Waals surface area contributed by atoms with Crippen molar-refractivity contribution >= 4 is 76.2 Å². The molecule has 4 unspecified atom stereocenters. The van der Waals surface area contributed by atoms with E-state index >= 15 is 0 Å². The standard InChI is InChI=1S/C62H72BN3Si/c1-57(2,3)42-25-22-26-44(35-42)64-52-36-43(58(4,5)6)29-30-49(52)63-50-40-46(67(10,11)12)39-48-56(50)66(61(9)33-20-21-34-62(48,61)41-23-14-13-15-24-41)54-38-45(37-53(64)55(54)63)65-51-28-17-16-27-47(51)59(7)31-18-19-32-60(59,65)8/h13-17,22-30,35-40H,18-21,31-34H2,1-12H3. The van der Waals surface area contributed by atoms with Crippen LogP contribution in [0.2, 0.25) is 19.6 Å². The molecule has 67 heavy (non-hydrogen) atoms. The molecule has 0 saturated heterocycles. The third-order valence-electron chi connectivity index (χ3n) is 18.7. The van der Waals surface area contributed by atoms with Gasteiger partial charge in [0.15, 0.2) is 0 Å². The summed E-state index contributed by atoms with van der Waals surface area (Å²) in [6.07, 6.45) is 9.70. The van der Waals surface area contributed by atoms with Crippen molar-refractivity contribution < 1.29 is 0 Å². The Bertz CT molecular complexity index is 3030. The zero-order valence-corrected chi connectivity index (χ0v) is 43.6. The van der Waals surface area contributed by atoms with E-state index in [9.17, 15) is 0 Å².